The molecule has 12 rings (SSSR count). The minimum atomic E-state index is 0.501. The highest BCUT2D eigenvalue weighted by Gasteiger charge is 2.59. The third-order valence-electron chi connectivity index (χ3n) is 22.9. The van der Waals surface area contributed by atoms with Gasteiger partial charge in [-0.2, -0.15) is 0 Å². The predicted molar refractivity (Wildman–Crippen MR) is 251 cm³/mol. The molecule has 0 aromatic heterocycles. The molecule has 3 saturated heterocycles. The summed E-state index contributed by atoms with van der Waals surface area (Å²) in [4.78, 5) is 9.74. The van der Waals surface area contributed by atoms with Crippen LogP contribution in [-0.2, 0) is 4.74 Å². The molecule has 16 atom stereocenters. The number of hydrogen-bond acceptors (Lipinski definition) is 4. The molecule has 3 heterocycles. The second-order valence-electron chi connectivity index (χ2n) is 25.7. The number of morpholine rings is 1. The number of hydrogen-bond donors (Lipinski definition) is 0. The molecule has 0 radical (unpaired) electrons. The lowest BCUT2D eigenvalue weighted by atomic mass is 9.52. The fraction of sp³-hybridized carbons (Fsp3) is 0.965. The van der Waals surface area contributed by atoms with Gasteiger partial charge in [-0.1, -0.05) is 96.6 Å². The normalized spacial score (nSPS) is 49.2. The van der Waals surface area contributed by atoms with E-state index in [1.54, 1.807) is 6.42 Å². The van der Waals surface area contributed by atoms with Gasteiger partial charge in [0.2, 0.25) is 0 Å². The molecule has 8 saturated carbocycles. The summed E-state index contributed by atoms with van der Waals surface area (Å²) in [6.07, 6.45) is 55.1. The summed E-state index contributed by atoms with van der Waals surface area (Å²) in [6, 6.07) is 7.44. The van der Waals surface area contributed by atoms with Gasteiger partial charge in [-0.3, -0.25) is 14.7 Å². The maximum Gasteiger partial charge on any atom is 0.0737 e. The lowest BCUT2D eigenvalue weighted by molar-refractivity contribution is -0.207. The van der Waals surface area contributed by atoms with Crippen LogP contribution < -0.4 is 0 Å². The zero-order chi connectivity index (χ0) is 40.7. The topological polar surface area (TPSA) is 19.0 Å². The van der Waals surface area contributed by atoms with Crippen LogP contribution in [0.25, 0.3) is 0 Å². The first-order chi connectivity index (χ1) is 30.0. The number of rotatable bonds is 5. The SMILES string of the molecule is CC1(C)C2CCCCC2N(C2CCCCC2)C2CCC(C3CCC4C(C3)OC3CC(C5CCC6C(C5)C5CCC=CC5N6C5CCCCC5)CCC3N4C3CCCCC3)CC21. The van der Waals surface area contributed by atoms with Crippen molar-refractivity contribution in [3.63, 3.8) is 0 Å². The van der Waals surface area contributed by atoms with Gasteiger partial charge >= 0.3 is 0 Å². The number of fused-ring (bicyclic) bond motifs is 7. The maximum absolute atomic E-state index is 7.77. The van der Waals surface area contributed by atoms with Gasteiger partial charge in [-0.05, 0) is 194 Å². The lowest BCUT2D eigenvalue weighted by Crippen LogP contribution is -2.67. The largest absolute Gasteiger partial charge is 0.372 e. The van der Waals surface area contributed by atoms with E-state index in [1.165, 1.54) is 205 Å². The van der Waals surface area contributed by atoms with Gasteiger partial charge in [0, 0.05) is 54.4 Å². The molecule has 342 valence electrons. The van der Waals surface area contributed by atoms with Crippen molar-refractivity contribution in [3.05, 3.63) is 12.2 Å². The van der Waals surface area contributed by atoms with E-state index in [-0.39, 0.29) is 0 Å². The fourth-order valence-corrected chi connectivity index (χ4v) is 20.3. The minimum absolute atomic E-state index is 0.501. The average Bonchev–Trinajstić information content (AvgIpc) is 3.65. The Balaban J connectivity index is 0.752. The van der Waals surface area contributed by atoms with E-state index in [0.717, 1.165) is 89.6 Å². The molecule has 4 heteroatoms. The van der Waals surface area contributed by atoms with Gasteiger partial charge in [0.1, 0.15) is 0 Å². The predicted octanol–water partition coefficient (Wildman–Crippen LogP) is 13.5. The molecule has 0 bridgehead atoms. The molecule has 61 heavy (non-hydrogen) atoms. The zero-order valence-corrected chi connectivity index (χ0v) is 39.7. The molecule has 3 aliphatic heterocycles. The Hall–Kier alpha value is -0.420. The fourth-order valence-electron chi connectivity index (χ4n) is 20.3. The first kappa shape index (κ1) is 42.0. The number of ether oxygens (including phenoxy) is 1. The number of nitrogens with zero attached hydrogens (tertiary/aromatic N) is 3. The molecule has 11 fully saturated rings. The van der Waals surface area contributed by atoms with Crippen molar-refractivity contribution in [1.82, 2.24) is 14.7 Å². The van der Waals surface area contributed by atoms with Crippen molar-refractivity contribution >= 4 is 0 Å². The summed E-state index contributed by atoms with van der Waals surface area (Å²) in [5.74, 6) is 7.44. The third-order valence-corrected chi connectivity index (χ3v) is 22.9. The quantitative estimate of drug-likeness (QED) is 0.257. The summed E-state index contributed by atoms with van der Waals surface area (Å²) in [6.45, 7) is 5.57. The number of likely N-dealkylation sites (tertiary alicyclic amines) is 2. The van der Waals surface area contributed by atoms with Crippen LogP contribution in [0, 0.1) is 52.8 Å². The first-order valence-electron chi connectivity index (χ1n) is 28.7. The summed E-state index contributed by atoms with van der Waals surface area (Å²) in [5, 5.41) is 0. The van der Waals surface area contributed by atoms with Gasteiger partial charge in [0.25, 0.3) is 0 Å². The molecular weight excluding hydrogens is 743 g/mol. The van der Waals surface area contributed by atoms with E-state index >= 15 is 0 Å². The molecule has 0 spiro atoms. The average molecular weight is 836 g/mol. The minimum Gasteiger partial charge on any atom is -0.372 e. The second kappa shape index (κ2) is 17.7. The molecular formula is C57H93N3O. The Kier molecular flexibility index (Phi) is 12.2. The Labute approximate surface area is 375 Å². The number of piperidine rings is 1. The van der Waals surface area contributed by atoms with Crippen molar-refractivity contribution in [2.45, 2.75) is 292 Å². The highest BCUT2D eigenvalue weighted by atomic mass is 16.5. The van der Waals surface area contributed by atoms with Crippen LogP contribution >= 0.6 is 0 Å². The van der Waals surface area contributed by atoms with E-state index < -0.39 is 0 Å². The van der Waals surface area contributed by atoms with Crippen molar-refractivity contribution < 1.29 is 4.74 Å². The Morgan fingerprint density at radius 1 is 0.393 bits per heavy atom. The molecule has 16 unspecified atom stereocenters. The standard InChI is InChI=1S/C57H93N3O/c1-57(2)47-23-13-15-25-51(47)59(43-18-8-4-9-19-43)52-31-27-39(35-48(52)57)41-29-33-54-56(37-41)61-55-36-40(28-32-53(55)60(54)44-20-10-5-11-21-44)38-26-30-50-46(34-38)45-22-12-14-24-49(45)58(50)42-16-6-3-7-17-42/h14,24,38-56H,3-13,15-23,25-37H2,1-2H3. The molecule has 0 aromatic rings. The summed E-state index contributed by atoms with van der Waals surface area (Å²) < 4.78 is 7.77. The zero-order valence-electron chi connectivity index (χ0n) is 39.7. The van der Waals surface area contributed by atoms with Crippen LogP contribution in [-0.4, -0.2) is 81.3 Å². The van der Waals surface area contributed by atoms with Crippen molar-refractivity contribution in [1.29, 1.82) is 0 Å². The Morgan fingerprint density at radius 2 is 0.869 bits per heavy atom. The third kappa shape index (κ3) is 7.57. The molecule has 0 N–H and O–H groups in total. The van der Waals surface area contributed by atoms with Crippen LogP contribution in [0.3, 0.4) is 0 Å². The maximum atomic E-state index is 7.77. The number of allylic oxidation sites excluding steroid dienone is 1. The highest BCUT2D eigenvalue weighted by Crippen LogP contribution is 2.60. The van der Waals surface area contributed by atoms with E-state index in [4.69, 9.17) is 4.74 Å². The smallest absolute Gasteiger partial charge is 0.0737 e. The van der Waals surface area contributed by atoms with Crippen molar-refractivity contribution in [2.24, 2.45) is 52.8 Å². The van der Waals surface area contributed by atoms with Crippen LogP contribution in [0.5, 0.6) is 0 Å². The monoisotopic (exact) mass is 836 g/mol. The summed E-state index contributed by atoms with van der Waals surface area (Å²) in [7, 11) is 0. The molecule has 12 aliphatic rings. The summed E-state index contributed by atoms with van der Waals surface area (Å²) >= 11 is 0. The first-order valence-corrected chi connectivity index (χ1v) is 28.7. The van der Waals surface area contributed by atoms with Gasteiger partial charge in [-0.15, -0.1) is 0 Å². The van der Waals surface area contributed by atoms with Crippen LogP contribution in [0.15, 0.2) is 12.2 Å². The highest BCUT2D eigenvalue weighted by molar-refractivity contribution is 5.16. The van der Waals surface area contributed by atoms with E-state index in [9.17, 15) is 0 Å². The van der Waals surface area contributed by atoms with Gasteiger partial charge in [0.15, 0.2) is 0 Å². The van der Waals surface area contributed by atoms with E-state index in [1.807, 2.05) is 0 Å². The van der Waals surface area contributed by atoms with Gasteiger partial charge < -0.3 is 4.74 Å². The molecule has 9 aliphatic carbocycles. The lowest BCUT2D eigenvalue weighted by Gasteiger charge is -2.65. The second-order valence-corrected chi connectivity index (χ2v) is 25.7. The van der Waals surface area contributed by atoms with Crippen molar-refractivity contribution in [3.8, 4) is 0 Å². The summed E-state index contributed by atoms with van der Waals surface area (Å²) in [5.41, 5.74) is 0.501. The van der Waals surface area contributed by atoms with Crippen LogP contribution in [0.1, 0.15) is 226 Å². The van der Waals surface area contributed by atoms with Crippen LogP contribution in [0.4, 0.5) is 0 Å². The molecule has 0 amide bonds. The van der Waals surface area contributed by atoms with Crippen molar-refractivity contribution in [2.75, 3.05) is 0 Å². The van der Waals surface area contributed by atoms with E-state index in [0.29, 0.717) is 29.7 Å². The Bertz CT molecular complexity index is 1510. The Morgan fingerprint density at radius 3 is 1.49 bits per heavy atom. The molecule has 0 aromatic carbocycles. The van der Waals surface area contributed by atoms with Crippen LogP contribution in [0.2, 0.25) is 0 Å². The van der Waals surface area contributed by atoms with Gasteiger partial charge in [0.05, 0.1) is 12.2 Å². The van der Waals surface area contributed by atoms with E-state index in [2.05, 4.69) is 40.7 Å². The molecule has 4 nitrogen and oxygen atoms in total. The van der Waals surface area contributed by atoms with Gasteiger partial charge in [-0.25, -0.2) is 0 Å².